The highest BCUT2D eigenvalue weighted by atomic mass is 16.5. The molecular weight excluding hydrogens is 222 g/mol. The number of hydrogen-bond donors (Lipinski definition) is 1. The summed E-state index contributed by atoms with van der Waals surface area (Å²) < 4.78 is 5.55. The van der Waals surface area contributed by atoms with E-state index in [1.165, 1.54) is 16.7 Å². The van der Waals surface area contributed by atoms with Gasteiger partial charge in [-0.05, 0) is 50.2 Å². The van der Waals surface area contributed by atoms with Gasteiger partial charge in [-0.15, -0.1) is 0 Å². The zero-order valence-corrected chi connectivity index (χ0v) is 12.4. The predicted octanol–water partition coefficient (Wildman–Crippen LogP) is 3.93. The summed E-state index contributed by atoms with van der Waals surface area (Å²) in [5.74, 6) is 1.54. The maximum Gasteiger partial charge on any atom is 0.125 e. The highest BCUT2D eigenvalue weighted by Gasteiger charge is 2.15. The van der Waals surface area contributed by atoms with Crippen molar-refractivity contribution >= 4 is 0 Å². The van der Waals surface area contributed by atoms with Crippen LogP contribution in [0.4, 0.5) is 0 Å². The minimum atomic E-state index is 0.323. The van der Waals surface area contributed by atoms with E-state index in [9.17, 15) is 0 Å². The van der Waals surface area contributed by atoms with E-state index in [0.29, 0.717) is 12.0 Å². The SMILES string of the molecule is CCC(N)CCC(C)c1cc(C)cc(C)c1OC. The van der Waals surface area contributed by atoms with Gasteiger partial charge in [0, 0.05) is 6.04 Å². The van der Waals surface area contributed by atoms with Crippen LogP contribution in [0.1, 0.15) is 55.7 Å². The molecule has 0 aromatic heterocycles. The van der Waals surface area contributed by atoms with Crippen LogP contribution in [0.25, 0.3) is 0 Å². The Labute approximate surface area is 112 Å². The molecule has 1 rings (SSSR count). The number of nitrogens with two attached hydrogens (primary N) is 1. The summed E-state index contributed by atoms with van der Waals surface area (Å²) in [6.07, 6.45) is 3.25. The van der Waals surface area contributed by atoms with E-state index in [0.717, 1.165) is 25.0 Å². The van der Waals surface area contributed by atoms with Gasteiger partial charge < -0.3 is 10.5 Å². The van der Waals surface area contributed by atoms with Gasteiger partial charge in [0.1, 0.15) is 5.75 Å². The highest BCUT2D eigenvalue weighted by molar-refractivity contribution is 5.45. The summed E-state index contributed by atoms with van der Waals surface area (Å²) in [6, 6.07) is 4.74. The molecule has 1 aromatic rings. The van der Waals surface area contributed by atoms with E-state index in [1.54, 1.807) is 7.11 Å². The van der Waals surface area contributed by atoms with Gasteiger partial charge in [0.05, 0.1) is 7.11 Å². The normalized spacial score (nSPS) is 14.3. The average molecular weight is 249 g/mol. The van der Waals surface area contributed by atoms with Crippen molar-refractivity contribution in [1.82, 2.24) is 0 Å². The zero-order chi connectivity index (χ0) is 13.7. The fraction of sp³-hybridized carbons (Fsp3) is 0.625. The molecule has 0 aliphatic rings. The monoisotopic (exact) mass is 249 g/mol. The lowest BCUT2D eigenvalue weighted by Crippen LogP contribution is -2.19. The number of benzene rings is 1. The van der Waals surface area contributed by atoms with Crippen molar-refractivity contribution in [1.29, 1.82) is 0 Å². The van der Waals surface area contributed by atoms with Crippen LogP contribution in [0.3, 0.4) is 0 Å². The van der Waals surface area contributed by atoms with Gasteiger partial charge in [-0.2, -0.15) is 0 Å². The summed E-state index contributed by atoms with van der Waals surface area (Å²) in [5.41, 5.74) is 9.84. The minimum Gasteiger partial charge on any atom is -0.496 e. The Morgan fingerprint density at radius 3 is 2.44 bits per heavy atom. The van der Waals surface area contributed by atoms with Crippen molar-refractivity contribution < 1.29 is 4.74 Å². The maximum absolute atomic E-state index is 6.00. The molecule has 18 heavy (non-hydrogen) atoms. The third-order valence-electron chi connectivity index (χ3n) is 3.68. The Kier molecular flexibility index (Phi) is 5.67. The molecule has 0 fully saturated rings. The summed E-state index contributed by atoms with van der Waals surface area (Å²) in [7, 11) is 1.76. The molecule has 0 aliphatic carbocycles. The molecule has 1 aromatic carbocycles. The van der Waals surface area contributed by atoms with Crippen LogP contribution < -0.4 is 10.5 Å². The highest BCUT2D eigenvalue weighted by Crippen LogP contribution is 2.33. The van der Waals surface area contributed by atoms with E-state index >= 15 is 0 Å². The Bertz CT molecular complexity index is 387. The Hall–Kier alpha value is -1.02. The lowest BCUT2D eigenvalue weighted by atomic mass is 9.90. The van der Waals surface area contributed by atoms with Gasteiger partial charge in [0.2, 0.25) is 0 Å². The fourth-order valence-electron chi connectivity index (χ4n) is 2.46. The first-order valence-electron chi connectivity index (χ1n) is 6.90. The van der Waals surface area contributed by atoms with Crippen LogP contribution in [-0.4, -0.2) is 13.2 Å². The average Bonchev–Trinajstić information content (AvgIpc) is 2.34. The van der Waals surface area contributed by atoms with Gasteiger partial charge in [-0.3, -0.25) is 0 Å². The molecule has 0 radical (unpaired) electrons. The molecule has 0 saturated heterocycles. The van der Waals surface area contributed by atoms with Gasteiger partial charge in [-0.1, -0.05) is 31.5 Å². The van der Waals surface area contributed by atoms with Gasteiger partial charge in [0.25, 0.3) is 0 Å². The first-order chi connectivity index (χ1) is 8.49. The number of hydrogen-bond acceptors (Lipinski definition) is 2. The standard InChI is InChI=1S/C16H27NO/c1-6-14(17)8-7-12(3)15-10-11(2)9-13(4)16(15)18-5/h9-10,12,14H,6-8,17H2,1-5H3. The first-order valence-corrected chi connectivity index (χ1v) is 6.90. The Balaban J connectivity index is 2.87. The van der Waals surface area contributed by atoms with Crippen LogP contribution in [0.15, 0.2) is 12.1 Å². The number of ether oxygens (including phenoxy) is 1. The lowest BCUT2D eigenvalue weighted by molar-refractivity contribution is 0.400. The fourth-order valence-corrected chi connectivity index (χ4v) is 2.46. The van der Waals surface area contributed by atoms with E-state index in [4.69, 9.17) is 10.5 Å². The first kappa shape index (κ1) is 15.0. The number of methoxy groups -OCH3 is 1. The van der Waals surface area contributed by atoms with Crippen molar-refractivity contribution in [3.8, 4) is 5.75 Å². The van der Waals surface area contributed by atoms with Crippen LogP contribution in [0.5, 0.6) is 5.75 Å². The second kappa shape index (κ2) is 6.79. The van der Waals surface area contributed by atoms with Crippen molar-refractivity contribution in [2.24, 2.45) is 5.73 Å². The Morgan fingerprint density at radius 1 is 1.22 bits per heavy atom. The Morgan fingerprint density at radius 2 is 1.89 bits per heavy atom. The zero-order valence-electron chi connectivity index (χ0n) is 12.4. The van der Waals surface area contributed by atoms with Crippen LogP contribution in [0.2, 0.25) is 0 Å². The lowest BCUT2D eigenvalue weighted by Gasteiger charge is -2.19. The molecular formula is C16H27NO. The molecule has 0 bridgehead atoms. The van der Waals surface area contributed by atoms with Gasteiger partial charge in [-0.25, -0.2) is 0 Å². The third kappa shape index (κ3) is 3.74. The van der Waals surface area contributed by atoms with E-state index < -0.39 is 0 Å². The number of rotatable bonds is 6. The molecule has 2 unspecified atom stereocenters. The second-order valence-corrected chi connectivity index (χ2v) is 5.35. The smallest absolute Gasteiger partial charge is 0.125 e. The van der Waals surface area contributed by atoms with Crippen molar-refractivity contribution in [3.63, 3.8) is 0 Å². The van der Waals surface area contributed by atoms with Crippen molar-refractivity contribution in [2.45, 2.75) is 58.9 Å². The molecule has 2 N–H and O–H groups in total. The summed E-state index contributed by atoms with van der Waals surface area (Å²) >= 11 is 0. The minimum absolute atomic E-state index is 0.323. The van der Waals surface area contributed by atoms with Crippen LogP contribution in [-0.2, 0) is 0 Å². The van der Waals surface area contributed by atoms with Crippen LogP contribution in [0, 0.1) is 13.8 Å². The molecule has 0 spiro atoms. The third-order valence-corrected chi connectivity index (χ3v) is 3.68. The topological polar surface area (TPSA) is 35.2 Å². The molecule has 2 heteroatoms. The largest absolute Gasteiger partial charge is 0.496 e. The summed E-state index contributed by atoms with van der Waals surface area (Å²) in [5, 5.41) is 0. The maximum atomic E-state index is 6.00. The molecule has 2 nitrogen and oxygen atoms in total. The molecule has 0 aliphatic heterocycles. The van der Waals surface area contributed by atoms with Gasteiger partial charge >= 0.3 is 0 Å². The van der Waals surface area contributed by atoms with Crippen molar-refractivity contribution in [3.05, 3.63) is 28.8 Å². The van der Waals surface area contributed by atoms with Crippen LogP contribution >= 0.6 is 0 Å². The molecule has 102 valence electrons. The summed E-state index contributed by atoms with van der Waals surface area (Å²) in [4.78, 5) is 0. The molecule has 0 saturated carbocycles. The molecule has 0 amide bonds. The van der Waals surface area contributed by atoms with E-state index in [-0.39, 0.29) is 0 Å². The second-order valence-electron chi connectivity index (χ2n) is 5.35. The molecule has 2 atom stereocenters. The van der Waals surface area contributed by atoms with Gasteiger partial charge in [0.15, 0.2) is 0 Å². The van der Waals surface area contributed by atoms with Crippen molar-refractivity contribution in [2.75, 3.05) is 7.11 Å². The summed E-state index contributed by atoms with van der Waals surface area (Å²) in [6.45, 7) is 8.66. The van der Waals surface area contributed by atoms with E-state index in [1.807, 2.05) is 0 Å². The molecule has 0 heterocycles. The number of aryl methyl sites for hydroxylation is 2. The predicted molar refractivity (Wildman–Crippen MR) is 78.4 cm³/mol. The van der Waals surface area contributed by atoms with E-state index in [2.05, 4.69) is 39.8 Å². The quantitative estimate of drug-likeness (QED) is 0.829.